The van der Waals surface area contributed by atoms with E-state index >= 15 is 0 Å². The summed E-state index contributed by atoms with van der Waals surface area (Å²) < 4.78 is 15.5. The first kappa shape index (κ1) is 10.0. The molecule has 2 aromatic rings. The van der Waals surface area contributed by atoms with Crippen molar-refractivity contribution in [2.45, 2.75) is 6.16 Å². The Labute approximate surface area is 87.4 Å². The van der Waals surface area contributed by atoms with Gasteiger partial charge in [-0.2, -0.15) is 4.89 Å². The number of nitrogens with zero attached hydrogens (tertiary/aromatic N) is 1. The van der Waals surface area contributed by atoms with Crippen molar-refractivity contribution >= 4 is 8.03 Å². The highest BCUT2D eigenvalue weighted by molar-refractivity contribution is 7.37. The summed E-state index contributed by atoms with van der Waals surface area (Å²) in [5.74, 6) is 0.428. The van der Waals surface area contributed by atoms with E-state index < -0.39 is 8.03 Å². The lowest BCUT2D eigenvalue weighted by Gasteiger charge is -1.90. The molecule has 0 radical (unpaired) electrons. The zero-order valence-electron chi connectivity index (χ0n) is 7.83. The second-order valence-corrected chi connectivity index (χ2v) is 4.08. The first-order valence-electron chi connectivity index (χ1n) is 4.40. The molecule has 1 heterocycles. The fraction of sp³-hybridized carbons (Fsp3) is 0.100. The molecule has 0 amide bonds. The van der Waals surface area contributed by atoms with Crippen LogP contribution >= 0.6 is 8.03 Å². The lowest BCUT2D eigenvalue weighted by molar-refractivity contribution is 0.391. The Hall–Kier alpha value is -1.51. The predicted octanol–water partition coefficient (Wildman–Crippen LogP) is 2.58. The van der Waals surface area contributed by atoms with E-state index in [1.54, 1.807) is 6.07 Å². The maximum Gasteiger partial charge on any atom is 0.513 e. The summed E-state index contributed by atoms with van der Waals surface area (Å²) in [6.45, 7) is 0. The molecule has 1 unspecified atom stereocenters. The van der Waals surface area contributed by atoms with E-state index in [0.29, 0.717) is 11.5 Å². The fourth-order valence-corrected chi connectivity index (χ4v) is 1.68. The van der Waals surface area contributed by atoms with Gasteiger partial charge in [0, 0.05) is 11.6 Å². The first-order chi connectivity index (χ1) is 7.25. The Bertz CT molecular complexity index is 467. The second kappa shape index (κ2) is 4.34. The number of aromatic nitrogens is 1. The smallest absolute Gasteiger partial charge is 0.356 e. The molecular formula is C10H9NO3P+. The normalized spacial score (nSPS) is 11.4. The zero-order valence-corrected chi connectivity index (χ0v) is 8.72. The van der Waals surface area contributed by atoms with Crippen LogP contribution in [0.3, 0.4) is 0 Å². The highest BCUT2D eigenvalue weighted by atomic mass is 31.1. The molecule has 0 aliphatic rings. The predicted molar refractivity (Wildman–Crippen MR) is 55.5 cm³/mol. The summed E-state index contributed by atoms with van der Waals surface area (Å²) in [6, 6.07) is 11.2. The Kier molecular flexibility index (Phi) is 2.90. The van der Waals surface area contributed by atoms with E-state index in [1.165, 1.54) is 0 Å². The van der Waals surface area contributed by atoms with Gasteiger partial charge in [-0.3, -0.25) is 0 Å². The van der Waals surface area contributed by atoms with E-state index in [1.807, 2.05) is 30.3 Å². The number of benzene rings is 1. The van der Waals surface area contributed by atoms with Crippen LogP contribution in [0.4, 0.5) is 0 Å². The van der Waals surface area contributed by atoms with Gasteiger partial charge in [-0.15, -0.1) is 0 Å². The minimum atomic E-state index is -2.22. The molecule has 0 aliphatic heterocycles. The highest BCUT2D eigenvalue weighted by Crippen LogP contribution is 2.25. The van der Waals surface area contributed by atoms with Crippen molar-refractivity contribution in [3.05, 3.63) is 42.2 Å². The van der Waals surface area contributed by atoms with Crippen molar-refractivity contribution < 1.29 is 14.0 Å². The highest BCUT2D eigenvalue weighted by Gasteiger charge is 2.17. The minimum absolute atomic E-state index is 0.00909. The Balaban J connectivity index is 2.24. The van der Waals surface area contributed by atoms with Crippen molar-refractivity contribution in [2.24, 2.45) is 0 Å². The molecule has 0 saturated heterocycles. The van der Waals surface area contributed by atoms with Crippen molar-refractivity contribution in [3.63, 3.8) is 0 Å². The lowest BCUT2D eigenvalue weighted by atomic mass is 10.1. The van der Waals surface area contributed by atoms with Crippen LogP contribution in [0.15, 0.2) is 40.9 Å². The van der Waals surface area contributed by atoms with Crippen LogP contribution in [0, 0.1) is 0 Å². The van der Waals surface area contributed by atoms with Gasteiger partial charge in [-0.1, -0.05) is 35.5 Å². The lowest BCUT2D eigenvalue weighted by Crippen LogP contribution is -1.74. The molecule has 5 heteroatoms. The Morgan fingerprint density at radius 1 is 1.33 bits per heavy atom. The van der Waals surface area contributed by atoms with Crippen LogP contribution in [-0.4, -0.2) is 10.1 Å². The maximum atomic E-state index is 10.6. The van der Waals surface area contributed by atoms with Crippen LogP contribution in [-0.2, 0) is 10.7 Å². The standard InChI is InChI=1S/C10H8NO3P/c12-15(13)7-9-6-10(11-14-9)8-4-2-1-3-5-8/h1-6H,7H2/p+1. The van der Waals surface area contributed by atoms with E-state index in [0.717, 1.165) is 5.56 Å². The summed E-state index contributed by atoms with van der Waals surface area (Å²) in [4.78, 5) is 8.71. The summed E-state index contributed by atoms with van der Waals surface area (Å²) >= 11 is 0. The van der Waals surface area contributed by atoms with Gasteiger partial charge < -0.3 is 4.52 Å². The molecule has 15 heavy (non-hydrogen) atoms. The monoisotopic (exact) mass is 222 g/mol. The van der Waals surface area contributed by atoms with E-state index in [-0.39, 0.29) is 6.16 Å². The zero-order chi connectivity index (χ0) is 10.7. The van der Waals surface area contributed by atoms with Crippen LogP contribution in [0.1, 0.15) is 5.76 Å². The minimum Gasteiger partial charge on any atom is -0.356 e. The van der Waals surface area contributed by atoms with E-state index in [9.17, 15) is 4.57 Å². The molecule has 0 fully saturated rings. The molecule has 4 nitrogen and oxygen atoms in total. The molecule has 76 valence electrons. The fourth-order valence-electron chi connectivity index (χ4n) is 1.27. The van der Waals surface area contributed by atoms with Crippen molar-refractivity contribution in [1.82, 2.24) is 5.16 Å². The molecule has 1 N–H and O–H groups in total. The quantitative estimate of drug-likeness (QED) is 0.810. The number of rotatable bonds is 3. The van der Waals surface area contributed by atoms with Crippen molar-refractivity contribution in [1.29, 1.82) is 0 Å². The Morgan fingerprint density at radius 2 is 2.07 bits per heavy atom. The van der Waals surface area contributed by atoms with Gasteiger partial charge in [0.05, 0.1) is 0 Å². The van der Waals surface area contributed by atoms with Crippen LogP contribution in [0.2, 0.25) is 0 Å². The molecule has 0 saturated carbocycles. The van der Waals surface area contributed by atoms with Gasteiger partial charge >= 0.3 is 8.03 Å². The molecule has 0 bridgehead atoms. The summed E-state index contributed by atoms with van der Waals surface area (Å²) in [5, 5.41) is 3.82. The van der Waals surface area contributed by atoms with Gasteiger partial charge in [0.15, 0.2) is 5.76 Å². The van der Waals surface area contributed by atoms with Crippen molar-refractivity contribution in [2.75, 3.05) is 0 Å². The molecule has 0 spiro atoms. The SMILES string of the molecule is O=[P+](O)Cc1cc(-c2ccccc2)no1. The van der Waals surface area contributed by atoms with Crippen LogP contribution < -0.4 is 0 Å². The van der Waals surface area contributed by atoms with E-state index in [4.69, 9.17) is 9.42 Å². The third-order valence-electron chi connectivity index (χ3n) is 1.92. The summed E-state index contributed by atoms with van der Waals surface area (Å²) in [5.41, 5.74) is 1.61. The maximum absolute atomic E-state index is 10.6. The van der Waals surface area contributed by atoms with E-state index in [2.05, 4.69) is 5.16 Å². The number of hydrogen-bond acceptors (Lipinski definition) is 3. The summed E-state index contributed by atoms with van der Waals surface area (Å²) in [7, 11) is -2.22. The Morgan fingerprint density at radius 3 is 2.73 bits per heavy atom. The average molecular weight is 222 g/mol. The van der Waals surface area contributed by atoms with Gasteiger partial charge in [0.2, 0.25) is 6.16 Å². The third kappa shape index (κ3) is 2.49. The van der Waals surface area contributed by atoms with Crippen LogP contribution in [0.25, 0.3) is 11.3 Å². The molecule has 2 rings (SSSR count). The molecule has 1 atom stereocenters. The topological polar surface area (TPSA) is 63.3 Å². The molecule has 0 aliphatic carbocycles. The largest absolute Gasteiger partial charge is 0.513 e. The van der Waals surface area contributed by atoms with Crippen molar-refractivity contribution in [3.8, 4) is 11.3 Å². The molecular weight excluding hydrogens is 213 g/mol. The number of hydrogen-bond donors (Lipinski definition) is 1. The van der Waals surface area contributed by atoms with Gasteiger partial charge in [-0.25, -0.2) is 0 Å². The van der Waals surface area contributed by atoms with Gasteiger partial charge in [0.25, 0.3) is 0 Å². The van der Waals surface area contributed by atoms with Crippen LogP contribution in [0.5, 0.6) is 0 Å². The summed E-state index contributed by atoms with van der Waals surface area (Å²) in [6.07, 6.45) is 0.00909. The van der Waals surface area contributed by atoms with Gasteiger partial charge in [-0.05, 0) is 4.57 Å². The second-order valence-electron chi connectivity index (χ2n) is 3.05. The average Bonchev–Trinajstić information content (AvgIpc) is 2.67. The third-order valence-corrected chi connectivity index (χ3v) is 2.50. The first-order valence-corrected chi connectivity index (χ1v) is 5.80. The van der Waals surface area contributed by atoms with Gasteiger partial charge in [0.1, 0.15) is 5.69 Å². The molecule has 1 aromatic heterocycles. The molecule has 1 aromatic carbocycles.